The fourth-order valence-electron chi connectivity index (χ4n) is 2.49. The topological polar surface area (TPSA) is 76.1 Å². The third-order valence-electron chi connectivity index (χ3n) is 3.77. The lowest BCUT2D eigenvalue weighted by Gasteiger charge is -2.15. The number of benzene rings is 2. The summed E-state index contributed by atoms with van der Waals surface area (Å²) in [5.74, 6) is 0.634. The number of nitrogens with zero attached hydrogens (tertiary/aromatic N) is 2. The molecule has 8 heteroatoms. The molecule has 1 unspecified atom stereocenters. The van der Waals surface area contributed by atoms with Crippen LogP contribution in [-0.2, 0) is 4.79 Å². The zero-order valence-corrected chi connectivity index (χ0v) is 16.4. The minimum absolute atomic E-state index is 0.104. The van der Waals surface area contributed by atoms with Crippen LogP contribution >= 0.6 is 15.9 Å². The Bertz CT molecular complexity index is 983. The van der Waals surface area contributed by atoms with Gasteiger partial charge in [-0.3, -0.25) is 4.79 Å². The highest BCUT2D eigenvalue weighted by Crippen LogP contribution is 2.28. The summed E-state index contributed by atoms with van der Waals surface area (Å²) in [7, 11) is 0. The van der Waals surface area contributed by atoms with Crippen LogP contribution in [0.1, 0.15) is 13.8 Å². The molecular formula is C19H18BrFN4O2. The Kier molecular flexibility index (Phi) is 5.85. The smallest absolute Gasteiger partial charge is 0.217 e. The van der Waals surface area contributed by atoms with Crippen molar-refractivity contribution in [3.63, 3.8) is 0 Å². The molecule has 2 N–H and O–H groups in total. The van der Waals surface area contributed by atoms with E-state index in [0.717, 1.165) is 5.39 Å². The van der Waals surface area contributed by atoms with E-state index in [1.165, 1.54) is 19.3 Å². The monoisotopic (exact) mass is 432 g/mol. The number of halogens is 2. The number of nitrogens with one attached hydrogen (secondary N) is 2. The van der Waals surface area contributed by atoms with Crippen molar-refractivity contribution in [2.24, 2.45) is 0 Å². The van der Waals surface area contributed by atoms with Crippen molar-refractivity contribution in [3.05, 3.63) is 53.0 Å². The van der Waals surface area contributed by atoms with Crippen molar-refractivity contribution >= 4 is 44.2 Å². The first kappa shape index (κ1) is 19.0. The quantitative estimate of drug-likeness (QED) is 0.610. The summed E-state index contributed by atoms with van der Waals surface area (Å²) >= 11 is 3.24. The van der Waals surface area contributed by atoms with Crippen LogP contribution < -0.4 is 15.4 Å². The number of hydrogen-bond acceptors (Lipinski definition) is 5. The van der Waals surface area contributed by atoms with Crippen LogP contribution in [0.25, 0.3) is 10.9 Å². The summed E-state index contributed by atoms with van der Waals surface area (Å²) in [5.41, 5.74) is 0.983. The van der Waals surface area contributed by atoms with E-state index in [2.05, 4.69) is 36.5 Å². The van der Waals surface area contributed by atoms with Gasteiger partial charge in [-0.2, -0.15) is 0 Å². The first-order valence-corrected chi connectivity index (χ1v) is 9.09. The second-order valence-corrected chi connectivity index (χ2v) is 6.93. The summed E-state index contributed by atoms with van der Waals surface area (Å²) < 4.78 is 20.6. The third-order valence-corrected chi connectivity index (χ3v) is 4.26. The van der Waals surface area contributed by atoms with Crippen LogP contribution in [0.3, 0.4) is 0 Å². The maximum Gasteiger partial charge on any atom is 0.217 e. The molecule has 0 saturated carbocycles. The molecule has 1 heterocycles. The van der Waals surface area contributed by atoms with E-state index in [4.69, 9.17) is 4.74 Å². The summed E-state index contributed by atoms with van der Waals surface area (Å²) in [4.78, 5) is 19.5. The van der Waals surface area contributed by atoms with E-state index in [9.17, 15) is 9.18 Å². The van der Waals surface area contributed by atoms with Gasteiger partial charge in [0.05, 0.1) is 17.7 Å². The maximum atomic E-state index is 14.1. The highest BCUT2D eigenvalue weighted by atomic mass is 79.9. The minimum Gasteiger partial charge on any atom is -0.489 e. The number of ether oxygens (including phenoxy) is 1. The first-order chi connectivity index (χ1) is 12.9. The number of anilines is 2. The number of carbonyl (C=O) groups is 1. The molecule has 27 heavy (non-hydrogen) atoms. The van der Waals surface area contributed by atoms with Gasteiger partial charge in [0.1, 0.15) is 29.8 Å². The second kappa shape index (κ2) is 8.30. The van der Waals surface area contributed by atoms with E-state index < -0.39 is 0 Å². The highest BCUT2D eigenvalue weighted by molar-refractivity contribution is 9.10. The van der Waals surface area contributed by atoms with Crippen molar-refractivity contribution in [2.45, 2.75) is 20.0 Å². The van der Waals surface area contributed by atoms with Crippen LogP contribution in [0.2, 0.25) is 0 Å². The Morgan fingerprint density at radius 2 is 2.07 bits per heavy atom. The zero-order chi connectivity index (χ0) is 19.4. The van der Waals surface area contributed by atoms with Crippen LogP contribution in [0.15, 0.2) is 47.2 Å². The molecule has 0 radical (unpaired) electrons. The predicted octanol–water partition coefficient (Wildman–Crippen LogP) is 4.18. The van der Waals surface area contributed by atoms with Crippen molar-refractivity contribution in [2.75, 3.05) is 11.9 Å². The molecule has 1 aromatic heterocycles. The van der Waals surface area contributed by atoms with Crippen LogP contribution in [0, 0.1) is 5.82 Å². The Hall–Kier alpha value is -2.74. The lowest BCUT2D eigenvalue weighted by Crippen LogP contribution is -2.31. The fourth-order valence-corrected chi connectivity index (χ4v) is 2.82. The Morgan fingerprint density at radius 1 is 1.26 bits per heavy atom. The fraction of sp³-hybridized carbons (Fsp3) is 0.211. The normalized spacial score (nSPS) is 11.9. The number of hydrogen-bond donors (Lipinski definition) is 2. The summed E-state index contributed by atoms with van der Waals surface area (Å²) in [6, 6.07) is 10.2. The largest absolute Gasteiger partial charge is 0.489 e. The van der Waals surface area contributed by atoms with E-state index in [1.54, 1.807) is 24.3 Å². The van der Waals surface area contributed by atoms with Gasteiger partial charge in [0, 0.05) is 22.8 Å². The molecule has 3 rings (SSSR count). The minimum atomic E-state index is -0.386. The highest BCUT2D eigenvalue weighted by Gasteiger charge is 2.10. The molecule has 0 spiro atoms. The standard InChI is InChI=1S/C19H18BrFN4O2/c1-11(9-22-12(2)26)27-14-4-5-15-18(8-14)23-10-24-19(15)25-17-6-3-13(20)7-16(17)21/h3-8,10-11H,9H2,1-2H3,(H,22,26)(H,23,24,25). The second-order valence-electron chi connectivity index (χ2n) is 6.02. The van der Waals surface area contributed by atoms with Crippen LogP contribution in [0.4, 0.5) is 15.9 Å². The van der Waals surface area contributed by atoms with Crippen molar-refractivity contribution in [1.82, 2.24) is 15.3 Å². The third kappa shape index (κ3) is 4.91. The Balaban J connectivity index is 1.81. The molecule has 1 atom stereocenters. The number of fused-ring (bicyclic) bond motifs is 1. The van der Waals surface area contributed by atoms with Crippen LogP contribution in [0.5, 0.6) is 5.75 Å². The van der Waals surface area contributed by atoms with Gasteiger partial charge in [-0.05, 0) is 37.3 Å². The molecule has 0 fully saturated rings. The van der Waals surface area contributed by atoms with Gasteiger partial charge in [-0.15, -0.1) is 0 Å². The number of carbonyl (C=O) groups excluding carboxylic acids is 1. The number of aromatic nitrogens is 2. The lowest BCUT2D eigenvalue weighted by atomic mass is 10.2. The maximum absolute atomic E-state index is 14.1. The molecule has 1 amide bonds. The van der Waals surface area contributed by atoms with Gasteiger partial charge in [-0.25, -0.2) is 14.4 Å². The average molecular weight is 433 g/mol. The number of rotatable bonds is 6. The zero-order valence-electron chi connectivity index (χ0n) is 14.8. The van der Waals surface area contributed by atoms with Crippen molar-refractivity contribution in [1.29, 1.82) is 0 Å². The lowest BCUT2D eigenvalue weighted by molar-refractivity contribution is -0.119. The van der Waals surface area contributed by atoms with E-state index in [-0.39, 0.29) is 17.8 Å². The van der Waals surface area contributed by atoms with E-state index in [0.29, 0.717) is 33.8 Å². The molecule has 0 aliphatic heterocycles. The van der Waals surface area contributed by atoms with E-state index >= 15 is 0 Å². The van der Waals surface area contributed by atoms with Gasteiger partial charge in [0.25, 0.3) is 0 Å². The van der Waals surface area contributed by atoms with E-state index in [1.807, 2.05) is 13.0 Å². The van der Waals surface area contributed by atoms with Gasteiger partial charge >= 0.3 is 0 Å². The molecule has 140 valence electrons. The Morgan fingerprint density at radius 3 is 2.81 bits per heavy atom. The molecule has 0 aliphatic carbocycles. The van der Waals surface area contributed by atoms with Crippen molar-refractivity contribution in [3.8, 4) is 5.75 Å². The summed E-state index contributed by atoms with van der Waals surface area (Å²) in [5, 5.41) is 6.45. The Labute approximate surface area is 164 Å². The molecule has 0 bridgehead atoms. The average Bonchev–Trinajstić information content (AvgIpc) is 2.62. The molecule has 3 aromatic rings. The SMILES string of the molecule is CC(=O)NCC(C)Oc1ccc2c(Nc3ccc(Br)cc3F)ncnc2c1. The van der Waals surface area contributed by atoms with Gasteiger partial charge in [0.15, 0.2) is 0 Å². The van der Waals surface area contributed by atoms with Gasteiger partial charge in [0.2, 0.25) is 5.91 Å². The van der Waals surface area contributed by atoms with Crippen LogP contribution in [-0.4, -0.2) is 28.5 Å². The number of amides is 1. The summed E-state index contributed by atoms with van der Waals surface area (Å²) in [6.45, 7) is 3.73. The molecule has 2 aromatic carbocycles. The molecular weight excluding hydrogens is 415 g/mol. The van der Waals surface area contributed by atoms with Gasteiger partial charge < -0.3 is 15.4 Å². The molecule has 6 nitrogen and oxygen atoms in total. The van der Waals surface area contributed by atoms with Crippen molar-refractivity contribution < 1.29 is 13.9 Å². The first-order valence-electron chi connectivity index (χ1n) is 8.30. The van der Waals surface area contributed by atoms with Gasteiger partial charge in [-0.1, -0.05) is 15.9 Å². The predicted molar refractivity (Wildman–Crippen MR) is 106 cm³/mol. The molecule has 0 saturated heterocycles. The molecule has 0 aliphatic rings. The summed E-state index contributed by atoms with van der Waals surface area (Å²) in [6.07, 6.45) is 1.22.